The zero-order valence-corrected chi connectivity index (χ0v) is 8.47. The van der Waals surface area contributed by atoms with Gasteiger partial charge in [0.05, 0.1) is 6.10 Å². The van der Waals surface area contributed by atoms with Gasteiger partial charge >= 0.3 is 0 Å². The molecule has 0 saturated heterocycles. The van der Waals surface area contributed by atoms with Gasteiger partial charge in [-0.3, -0.25) is 0 Å². The van der Waals surface area contributed by atoms with Crippen molar-refractivity contribution in [1.82, 2.24) is 5.32 Å². The summed E-state index contributed by atoms with van der Waals surface area (Å²) in [6.07, 6.45) is 5.68. The summed E-state index contributed by atoms with van der Waals surface area (Å²) in [7, 11) is 3.73. The molecule has 2 nitrogen and oxygen atoms in total. The third-order valence-electron chi connectivity index (χ3n) is 2.23. The Morgan fingerprint density at radius 2 is 2.25 bits per heavy atom. The van der Waals surface area contributed by atoms with E-state index in [9.17, 15) is 0 Å². The van der Waals surface area contributed by atoms with E-state index in [1.807, 2.05) is 13.1 Å². The Hall–Kier alpha value is -0.340. The molecule has 2 unspecified atom stereocenters. The van der Waals surface area contributed by atoms with Crippen molar-refractivity contribution in [3.05, 3.63) is 12.7 Å². The molecule has 2 atom stereocenters. The molecule has 0 aromatic rings. The van der Waals surface area contributed by atoms with Crippen LogP contribution in [0, 0.1) is 0 Å². The summed E-state index contributed by atoms with van der Waals surface area (Å²) in [5.41, 5.74) is 0. The minimum absolute atomic E-state index is 0.291. The third kappa shape index (κ3) is 4.52. The van der Waals surface area contributed by atoms with Gasteiger partial charge in [-0.1, -0.05) is 6.08 Å². The summed E-state index contributed by atoms with van der Waals surface area (Å²) in [5, 5.41) is 3.25. The van der Waals surface area contributed by atoms with E-state index in [-0.39, 0.29) is 0 Å². The van der Waals surface area contributed by atoms with E-state index in [0.717, 1.165) is 12.8 Å². The molecule has 0 radical (unpaired) electrons. The number of likely N-dealkylation sites (N-methyl/N-ethyl adjacent to an activating group) is 1. The van der Waals surface area contributed by atoms with Crippen LogP contribution < -0.4 is 5.32 Å². The molecule has 0 rings (SSSR count). The van der Waals surface area contributed by atoms with Gasteiger partial charge in [0.15, 0.2) is 0 Å². The zero-order chi connectivity index (χ0) is 9.40. The van der Waals surface area contributed by atoms with Gasteiger partial charge in [0.1, 0.15) is 0 Å². The van der Waals surface area contributed by atoms with Crippen molar-refractivity contribution in [2.45, 2.75) is 38.3 Å². The number of hydrogen-bond acceptors (Lipinski definition) is 2. The average Bonchev–Trinajstić information content (AvgIpc) is 2.11. The van der Waals surface area contributed by atoms with Crippen LogP contribution >= 0.6 is 0 Å². The van der Waals surface area contributed by atoms with Crippen LogP contribution in [-0.2, 0) is 4.74 Å². The Kier molecular flexibility index (Phi) is 7.11. The molecule has 12 heavy (non-hydrogen) atoms. The summed E-state index contributed by atoms with van der Waals surface area (Å²) in [6, 6.07) is 0.468. The van der Waals surface area contributed by atoms with Crippen LogP contribution in [0.2, 0.25) is 0 Å². The molecule has 0 aromatic heterocycles. The molecule has 0 aliphatic heterocycles. The Balaban J connectivity index is 3.58. The third-order valence-corrected chi connectivity index (χ3v) is 2.23. The number of unbranched alkanes of at least 4 members (excludes halogenated alkanes) is 1. The second-order valence-electron chi connectivity index (χ2n) is 3.06. The first-order chi connectivity index (χ1) is 5.76. The van der Waals surface area contributed by atoms with E-state index in [0.29, 0.717) is 12.1 Å². The number of nitrogens with one attached hydrogen (secondary N) is 1. The van der Waals surface area contributed by atoms with Crippen molar-refractivity contribution in [2.24, 2.45) is 0 Å². The quantitative estimate of drug-likeness (QED) is 0.467. The molecule has 1 N–H and O–H groups in total. The van der Waals surface area contributed by atoms with Crippen molar-refractivity contribution in [3.63, 3.8) is 0 Å². The number of ether oxygens (including phenoxy) is 1. The van der Waals surface area contributed by atoms with Crippen molar-refractivity contribution < 1.29 is 4.74 Å². The van der Waals surface area contributed by atoms with E-state index in [4.69, 9.17) is 4.74 Å². The summed E-state index contributed by atoms with van der Waals surface area (Å²) < 4.78 is 5.25. The molecule has 0 fully saturated rings. The normalized spacial score (nSPS) is 15.6. The van der Waals surface area contributed by atoms with Gasteiger partial charge in [0.2, 0.25) is 0 Å². The van der Waals surface area contributed by atoms with Crippen LogP contribution in [-0.4, -0.2) is 26.3 Å². The second kappa shape index (κ2) is 7.32. The SMILES string of the molecule is C=CCCCC(NC)C(C)OC. The molecule has 0 aliphatic rings. The number of allylic oxidation sites excluding steroid dienone is 1. The van der Waals surface area contributed by atoms with Crippen LogP contribution in [0.5, 0.6) is 0 Å². The smallest absolute Gasteiger partial charge is 0.0696 e. The van der Waals surface area contributed by atoms with E-state index in [1.54, 1.807) is 7.11 Å². The highest BCUT2D eigenvalue weighted by Crippen LogP contribution is 2.06. The minimum atomic E-state index is 0.291. The minimum Gasteiger partial charge on any atom is -0.380 e. The topological polar surface area (TPSA) is 21.3 Å². The van der Waals surface area contributed by atoms with Crippen LogP contribution in [0.3, 0.4) is 0 Å². The number of methoxy groups -OCH3 is 1. The van der Waals surface area contributed by atoms with Gasteiger partial charge in [-0.25, -0.2) is 0 Å². The van der Waals surface area contributed by atoms with Crippen LogP contribution in [0.1, 0.15) is 26.2 Å². The maximum atomic E-state index is 5.25. The van der Waals surface area contributed by atoms with Gasteiger partial charge in [0.25, 0.3) is 0 Å². The number of rotatable bonds is 7. The highest BCUT2D eigenvalue weighted by Gasteiger charge is 2.12. The maximum absolute atomic E-state index is 5.25. The molecular formula is C10H21NO. The maximum Gasteiger partial charge on any atom is 0.0696 e. The monoisotopic (exact) mass is 171 g/mol. The molecule has 0 bridgehead atoms. The predicted octanol–water partition coefficient (Wildman–Crippen LogP) is 1.97. The molecule has 0 aliphatic carbocycles. The first-order valence-electron chi connectivity index (χ1n) is 4.57. The fourth-order valence-corrected chi connectivity index (χ4v) is 1.26. The average molecular weight is 171 g/mol. The summed E-state index contributed by atoms with van der Waals surface area (Å²) in [4.78, 5) is 0. The van der Waals surface area contributed by atoms with E-state index in [2.05, 4.69) is 18.8 Å². The molecule has 0 saturated carbocycles. The zero-order valence-electron chi connectivity index (χ0n) is 8.47. The van der Waals surface area contributed by atoms with Gasteiger partial charge in [-0.05, 0) is 33.2 Å². The Labute approximate surface area is 76.0 Å². The summed E-state index contributed by atoms with van der Waals surface area (Å²) in [5.74, 6) is 0. The summed E-state index contributed by atoms with van der Waals surface area (Å²) in [6.45, 7) is 5.79. The Morgan fingerprint density at radius 3 is 2.67 bits per heavy atom. The number of hydrogen-bond donors (Lipinski definition) is 1. The van der Waals surface area contributed by atoms with Crippen molar-refractivity contribution >= 4 is 0 Å². The molecule has 2 heteroatoms. The molecule has 0 spiro atoms. The van der Waals surface area contributed by atoms with Crippen LogP contribution in [0.15, 0.2) is 12.7 Å². The molecular weight excluding hydrogens is 150 g/mol. The standard InChI is InChI=1S/C10H21NO/c1-5-6-7-8-10(11-3)9(2)12-4/h5,9-11H,1,6-8H2,2-4H3. The fraction of sp³-hybridized carbons (Fsp3) is 0.800. The van der Waals surface area contributed by atoms with Crippen molar-refractivity contribution in [1.29, 1.82) is 0 Å². The van der Waals surface area contributed by atoms with Crippen LogP contribution in [0.25, 0.3) is 0 Å². The van der Waals surface area contributed by atoms with Gasteiger partial charge in [0, 0.05) is 13.2 Å². The highest BCUT2D eigenvalue weighted by atomic mass is 16.5. The van der Waals surface area contributed by atoms with E-state index >= 15 is 0 Å². The predicted molar refractivity (Wildman–Crippen MR) is 53.4 cm³/mol. The fourth-order valence-electron chi connectivity index (χ4n) is 1.26. The second-order valence-corrected chi connectivity index (χ2v) is 3.06. The van der Waals surface area contributed by atoms with Gasteiger partial charge < -0.3 is 10.1 Å². The van der Waals surface area contributed by atoms with E-state index in [1.165, 1.54) is 6.42 Å². The lowest BCUT2D eigenvalue weighted by Gasteiger charge is -2.21. The first kappa shape index (κ1) is 11.7. The Morgan fingerprint density at radius 1 is 1.58 bits per heavy atom. The lowest BCUT2D eigenvalue weighted by atomic mass is 10.1. The lowest BCUT2D eigenvalue weighted by Crippen LogP contribution is -2.36. The molecule has 0 amide bonds. The van der Waals surface area contributed by atoms with E-state index < -0.39 is 0 Å². The molecule has 0 aromatic carbocycles. The molecule has 72 valence electrons. The van der Waals surface area contributed by atoms with Crippen molar-refractivity contribution in [3.8, 4) is 0 Å². The van der Waals surface area contributed by atoms with Crippen molar-refractivity contribution in [2.75, 3.05) is 14.2 Å². The largest absolute Gasteiger partial charge is 0.380 e. The van der Waals surface area contributed by atoms with Crippen LogP contribution in [0.4, 0.5) is 0 Å². The van der Waals surface area contributed by atoms with Gasteiger partial charge in [-0.15, -0.1) is 6.58 Å². The lowest BCUT2D eigenvalue weighted by molar-refractivity contribution is 0.0821. The summed E-state index contributed by atoms with van der Waals surface area (Å²) >= 11 is 0. The Bertz CT molecular complexity index is 114. The molecule has 0 heterocycles. The first-order valence-corrected chi connectivity index (χ1v) is 4.57. The van der Waals surface area contributed by atoms with Gasteiger partial charge in [-0.2, -0.15) is 0 Å². The highest BCUT2D eigenvalue weighted by molar-refractivity contribution is 4.74.